The quantitative estimate of drug-likeness (QED) is 0.717. The lowest BCUT2D eigenvalue weighted by Gasteiger charge is -2.23. The first-order valence-electron chi connectivity index (χ1n) is 9.63. The third-order valence-electron chi connectivity index (χ3n) is 5.89. The number of carbonyl (C=O) groups excluding carboxylic acids is 1. The van der Waals surface area contributed by atoms with Gasteiger partial charge in [0.15, 0.2) is 0 Å². The third-order valence-corrected chi connectivity index (χ3v) is 7.60. The first-order chi connectivity index (χ1) is 13.9. The van der Waals surface area contributed by atoms with Crippen LogP contribution in [0.4, 0.5) is 5.69 Å². The van der Waals surface area contributed by atoms with Crippen LogP contribution in [0, 0.1) is 11.8 Å². The Bertz CT molecular complexity index is 1020. The average Bonchev–Trinajstić information content (AvgIpc) is 3.31. The molecule has 8 heteroatoms. The number of nitrogens with one attached hydrogen (secondary N) is 2. The van der Waals surface area contributed by atoms with E-state index in [1.165, 1.54) is 44.6 Å². The smallest absolute Gasteiger partial charge is 0.261 e. The SMILES string of the molecule is COc1ccc(S(=O)(=O)Nc2ccc(C(=O)N[C@@H]3C[C@@H]4CC[C@@H]3C4)c(Cl)c2)cc1. The van der Waals surface area contributed by atoms with Crippen molar-refractivity contribution in [3.8, 4) is 5.75 Å². The number of fused-ring (bicyclic) bond motifs is 2. The van der Waals surface area contributed by atoms with Crippen molar-refractivity contribution in [1.29, 1.82) is 0 Å². The van der Waals surface area contributed by atoms with Gasteiger partial charge in [0, 0.05) is 6.04 Å². The van der Waals surface area contributed by atoms with E-state index >= 15 is 0 Å². The Morgan fingerprint density at radius 2 is 1.86 bits per heavy atom. The summed E-state index contributed by atoms with van der Waals surface area (Å²) in [6.45, 7) is 0. The molecule has 0 saturated heterocycles. The van der Waals surface area contributed by atoms with Crippen LogP contribution in [0.1, 0.15) is 36.0 Å². The van der Waals surface area contributed by atoms with E-state index in [-0.39, 0.29) is 21.9 Å². The molecule has 2 N–H and O–H groups in total. The zero-order valence-electron chi connectivity index (χ0n) is 16.0. The number of anilines is 1. The average molecular weight is 435 g/mol. The van der Waals surface area contributed by atoms with E-state index in [0.717, 1.165) is 12.3 Å². The maximum Gasteiger partial charge on any atom is 0.261 e. The molecule has 3 atom stereocenters. The van der Waals surface area contributed by atoms with Crippen LogP contribution in [-0.4, -0.2) is 27.5 Å². The van der Waals surface area contributed by atoms with E-state index in [9.17, 15) is 13.2 Å². The fourth-order valence-electron chi connectivity index (χ4n) is 4.40. The summed E-state index contributed by atoms with van der Waals surface area (Å²) in [6.07, 6.45) is 4.68. The summed E-state index contributed by atoms with van der Waals surface area (Å²) in [5.41, 5.74) is 0.643. The van der Waals surface area contributed by atoms with Gasteiger partial charge in [-0.1, -0.05) is 18.0 Å². The normalized spacial score (nSPS) is 23.0. The van der Waals surface area contributed by atoms with Crippen LogP contribution < -0.4 is 14.8 Å². The van der Waals surface area contributed by atoms with Gasteiger partial charge in [-0.05, 0) is 73.6 Å². The summed E-state index contributed by atoms with van der Waals surface area (Å²) >= 11 is 6.29. The summed E-state index contributed by atoms with van der Waals surface area (Å²) in [6, 6.07) is 10.8. The molecule has 2 fully saturated rings. The Labute approximate surface area is 175 Å². The lowest BCUT2D eigenvalue weighted by Crippen LogP contribution is -2.38. The Hall–Kier alpha value is -2.25. The van der Waals surface area contributed by atoms with Crippen molar-refractivity contribution in [3.63, 3.8) is 0 Å². The van der Waals surface area contributed by atoms with Gasteiger partial charge in [0.05, 0.1) is 28.3 Å². The highest BCUT2D eigenvalue weighted by Crippen LogP contribution is 2.44. The highest BCUT2D eigenvalue weighted by Gasteiger charge is 2.40. The van der Waals surface area contributed by atoms with Crippen LogP contribution in [0.5, 0.6) is 5.75 Å². The second-order valence-corrected chi connectivity index (χ2v) is 9.82. The molecule has 4 rings (SSSR count). The molecule has 0 aromatic heterocycles. The maximum atomic E-state index is 12.6. The molecule has 1 amide bonds. The largest absolute Gasteiger partial charge is 0.497 e. The van der Waals surface area contributed by atoms with Crippen molar-refractivity contribution in [2.45, 2.75) is 36.6 Å². The molecule has 0 spiro atoms. The standard InChI is InChI=1S/C21H23ClN2O4S/c1-28-16-5-7-17(8-6-16)29(26,27)24-15-4-9-18(19(22)12-15)21(25)23-20-11-13-2-3-14(20)10-13/h4-9,12-14,20,24H,2-3,10-11H2,1H3,(H,23,25)/t13-,14-,20-/m1/s1. The molecule has 0 unspecified atom stereocenters. The van der Waals surface area contributed by atoms with Crippen molar-refractivity contribution in [2.75, 3.05) is 11.8 Å². The molecule has 2 aliphatic rings. The molecule has 2 saturated carbocycles. The highest BCUT2D eigenvalue weighted by atomic mass is 35.5. The molecule has 29 heavy (non-hydrogen) atoms. The molecule has 6 nitrogen and oxygen atoms in total. The topological polar surface area (TPSA) is 84.5 Å². The van der Waals surface area contributed by atoms with Crippen molar-refractivity contribution in [2.24, 2.45) is 11.8 Å². The van der Waals surface area contributed by atoms with Gasteiger partial charge in [-0.15, -0.1) is 0 Å². The van der Waals surface area contributed by atoms with Crippen molar-refractivity contribution in [1.82, 2.24) is 5.32 Å². The lowest BCUT2D eigenvalue weighted by molar-refractivity contribution is 0.0923. The number of rotatable bonds is 6. The van der Waals surface area contributed by atoms with E-state index in [1.807, 2.05) is 0 Å². The number of benzene rings is 2. The van der Waals surface area contributed by atoms with Gasteiger partial charge >= 0.3 is 0 Å². The Balaban J connectivity index is 1.45. The molecule has 0 radical (unpaired) electrons. The molecular weight excluding hydrogens is 412 g/mol. The molecule has 2 aromatic carbocycles. The van der Waals surface area contributed by atoms with Crippen LogP contribution in [0.15, 0.2) is 47.4 Å². The van der Waals surface area contributed by atoms with Gasteiger partial charge in [0.1, 0.15) is 5.75 Å². The summed E-state index contributed by atoms with van der Waals surface area (Å²) in [4.78, 5) is 12.7. The van der Waals surface area contributed by atoms with Gasteiger partial charge in [-0.3, -0.25) is 9.52 Å². The fraction of sp³-hybridized carbons (Fsp3) is 0.381. The molecule has 2 bridgehead atoms. The van der Waals surface area contributed by atoms with E-state index in [0.29, 0.717) is 22.9 Å². The number of hydrogen-bond acceptors (Lipinski definition) is 4. The molecule has 2 aliphatic carbocycles. The predicted molar refractivity (Wildman–Crippen MR) is 112 cm³/mol. The summed E-state index contributed by atoms with van der Waals surface area (Å²) < 4.78 is 32.7. The number of carbonyl (C=O) groups is 1. The van der Waals surface area contributed by atoms with E-state index in [1.54, 1.807) is 24.3 Å². The number of halogens is 1. The number of hydrogen-bond donors (Lipinski definition) is 2. The minimum Gasteiger partial charge on any atom is -0.497 e. The summed E-state index contributed by atoms with van der Waals surface area (Å²) in [5, 5.41) is 3.31. The molecule has 0 heterocycles. The third kappa shape index (κ3) is 4.21. The van der Waals surface area contributed by atoms with Gasteiger partial charge < -0.3 is 10.1 Å². The van der Waals surface area contributed by atoms with Crippen LogP contribution in [0.2, 0.25) is 5.02 Å². The lowest BCUT2D eigenvalue weighted by atomic mass is 9.95. The molecule has 2 aromatic rings. The fourth-order valence-corrected chi connectivity index (χ4v) is 5.72. The van der Waals surface area contributed by atoms with Gasteiger partial charge in [0.2, 0.25) is 0 Å². The first kappa shape index (κ1) is 20.0. The number of sulfonamides is 1. The number of methoxy groups -OCH3 is 1. The summed E-state index contributed by atoms with van der Waals surface area (Å²) in [7, 11) is -2.26. The van der Waals surface area contributed by atoms with Gasteiger partial charge in [-0.2, -0.15) is 0 Å². The second kappa shape index (κ2) is 7.88. The molecular formula is C21H23ClN2O4S. The van der Waals surface area contributed by atoms with E-state index in [4.69, 9.17) is 16.3 Å². The molecule has 154 valence electrons. The minimum absolute atomic E-state index is 0.104. The van der Waals surface area contributed by atoms with Crippen molar-refractivity contribution < 1.29 is 17.9 Å². The first-order valence-corrected chi connectivity index (χ1v) is 11.5. The van der Waals surface area contributed by atoms with Crippen LogP contribution in [0.3, 0.4) is 0 Å². The monoisotopic (exact) mass is 434 g/mol. The van der Waals surface area contributed by atoms with Crippen molar-refractivity contribution >= 4 is 33.2 Å². The Kier molecular flexibility index (Phi) is 5.44. The summed E-state index contributed by atoms with van der Waals surface area (Å²) in [5.74, 6) is 1.66. The number of amides is 1. The zero-order chi connectivity index (χ0) is 20.6. The van der Waals surface area contributed by atoms with Crippen molar-refractivity contribution in [3.05, 3.63) is 53.1 Å². The number of ether oxygens (including phenoxy) is 1. The van der Waals surface area contributed by atoms with Crippen LogP contribution in [-0.2, 0) is 10.0 Å². The zero-order valence-corrected chi connectivity index (χ0v) is 17.6. The van der Waals surface area contributed by atoms with E-state index in [2.05, 4.69) is 10.0 Å². The van der Waals surface area contributed by atoms with Crippen LogP contribution >= 0.6 is 11.6 Å². The second-order valence-electron chi connectivity index (χ2n) is 7.73. The Morgan fingerprint density at radius 1 is 1.10 bits per heavy atom. The van der Waals surface area contributed by atoms with Gasteiger partial charge in [-0.25, -0.2) is 8.42 Å². The van der Waals surface area contributed by atoms with E-state index < -0.39 is 10.0 Å². The van der Waals surface area contributed by atoms with Crippen LogP contribution in [0.25, 0.3) is 0 Å². The Morgan fingerprint density at radius 3 is 2.45 bits per heavy atom. The van der Waals surface area contributed by atoms with Gasteiger partial charge in [0.25, 0.3) is 15.9 Å². The minimum atomic E-state index is -3.78. The maximum absolute atomic E-state index is 12.6. The predicted octanol–water partition coefficient (Wildman–Crippen LogP) is 4.07. The molecule has 0 aliphatic heterocycles. The highest BCUT2D eigenvalue weighted by molar-refractivity contribution is 7.92.